The summed E-state index contributed by atoms with van der Waals surface area (Å²) in [4.78, 5) is 0. The number of nitrogens with one attached hydrogen (secondary N) is 1. The zero-order valence-electron chi connectivity index (χ0n) is 14.5. The van der Waals surface area contributed by atoms with Crippen LogP contribution in [0.25, 0.3) is 0 Å². The van der Waals surface area contributed by atoms with Gasteiger partial charge in [-0.25, -0.2) is 0 Å². The van der Waals surface area contributed by atoms with Crippen LogP contribution >= 0.6 is 0 Å². The molecule has 0 amide bonds. The molecule has 1 nitrogen and oxygen atoms in total. The first-order chi connectivity index (χ1) is 10.4. The molecule has 0 aromatic rings. The minimum Gasteiger partial charge on any atom is -0.314 e. The fraction of sp³-hybridized carbons (Fsp3) is 1.00. The average molecular weight is 294 g/mol. The summed E-state index contributed by atoms with van der Waals surface area (Å²) in [6.07, 6.45) is 22.0. The van der Waals surface area contributed by atoms with Gasteiger partial charge in [-0.05, 0) is 37.6 Å². The number of hydrogen-bond donors (Lipinski definition) is 1. The van der Waals surface area contributed by atoms with Crippen molar-refractivity contribution >= 4 is 0 Å². The Labute approximate surface area is 133 Å². The Bertz CT molecular complexity index is 244. The second-order valence-electron chi connectivity index (χ2n) is 7.67. The third-order valence-corrected chi connectivity index (χ3v) is 6.01. The van der Waals surface area contributed by atoms with E-state index in [1.54, 1.807) is 0 Å². The summed E-state index contributed by atoms with van der Waals surface area (Å²) in [7, 11) is 0. The third-order valence-electron chi connectivity index (χ3n) is 6.01. The molecule has 2 aliphatic carbocycles. The zero-order valence-corrected chi connectivity index (χ0v) is 14.5. The van der Waals surface area contributed by atoms with Gasteiger partial charge in [-0.3, -0.25) is 0 Å². The standard InChI is InChI=1S/C20H39N/c1-2-3-4-5-6-12-17-21-20-16-11-10-15-19(20)18-13-8-7-9-14-18/h18-21H,2-17H2,1H3. The van der Waals surface area contributed by atoms with E-state index >= 15 is 0 Å². The smallest absolute Gasteiger partial charge is 0.00979 e. The average Bonchev–Trinajstić information content (AvgIpc) is 2.55. The first kappa shape index (κ1) is 17.3. The van der Waals surface area contributed by atoms with Crippen molar-refractivity contribution in [2.24, 2.45) is 11.8 Å². The fourth-order valence-electron chi connectivity index (χ4n) is 4.73. The Morgan fingerprint density at radius 3 is 2.19 bits per heavy atom. The molecule has 2 aliphatic rings. The molecule has 0 spiro atoms. The second-order valence-corrected chi connectivity index (χ2v) is 7.67. The Hall–Kier alpha value is -0.0400. The maximum Gasteiger partial charge on any atom is 0.00979 e. The van der Waals surface area contributed by atoms with Crippen LogP contribution in [0.2, 0.25) is 0 Å². The van der Waals surface area contributed by atoms with Gasteiger partial charge in [0.15, 0.2) is 0 Å². The minimum absolute atomic E-state index is 0.859. The molecule has 0 saturated heterocycles. The number of hydrogen-bond acceptors (Lipinski definition) is 1. The van der Waals surface area contributed by atoms with Crippen molar-refractivity contribution in [3.8, 4) is 0 Å². The molecule has 0 bridgehead atoms. The number of rotatable bonds is 9. The van der Waals surface area contributed by atoms with E-state index in [2.05, 4.69) is 12.2 Å². The van der Waals surface area contributed by atoms with Crippen molar-refractivity contribution in [2.75, 3.05) is 6.54 Å². The third kappa shape index (κ3) is 6.30. The first-order valence-corrected chi connectivity index (χ1v) is 10.1. The van der Waals surface area contributed by atoms with E-state index in [0.717, 1.165) is 17.9 Å². The summed E-state index contributed by atoms with van der Waals surface area (Å²) in [6.45, 7) is 3.58. The molecule has 2 atom stereocenters. The molecule has 0 radical (unpaired) electrons. The predicted molar refractivity (Wildman–Crippen MR) is 93.7 cm³/mol. The molecular formula is C20H39N. The van der Waals surface area contributed by atoms with Gasteiger partial charge >= 0.3 is 0 Å². The molecule has 2 unspecified atom stereocenters. The first-order valence-electron chi connectivity index (χ1n) is 10.1. The van der Waals surface area contributed by atoms with Crippen molar-refractivity contribution in [1.29, 1.82) is 0 Å². The Morgan fingerprint density at radius 2 is 1.38 bits per heavy atom. The summed E-state index contributed by atoms with van der Waals surface area (Å²) in [5.74, 6) is 2.07. The van der Waals surface area contributed by atoms with E-state index in [-0.39, 0.29) is 0 Å². The van der Waals surface area contributed by atoms with Gasteiger partial charge in [-0.15, -0.1) is 0 Å². The van der Waals surface area contributed by atoms with Gasteiger partial charge < -0.3 is 5.32 Å². The second kappa shape index (κ2) is 10.6. The van der Waals surface area contributed by atoms with Crippen molar-refractivity contribution in [3.05, 3.63) is 0 Å². The Balaban J connectivity index is 1.62. The lowest BCUT2D eigenvalue weighted by molar-refractivity contribution is 0.150. The van der Waals surface area contributed by atoms with Gasteiger partial charge in [-0.2, -0.15) is 0 Å². The molecule has 124 valence electrons. The highest BCUT2D eigenvalue weighted by molar-refractivity contribution is 4.86. The van der Waals surface area contributed by atoms with Gasteiger partial charge in [0.05, 0.1) is 0 Å². The van der Waals surface area contributed by atoms with E-state index in [1.165, 1.54) is 103 Å². The topological polar surface area (TPSA) is 12.0 Å². The van der Waals surface area contributed by atoms with Gasteiger partial charge in [0.2, 0.25) is 0 Å². The Kier molecular flexibility index (Phi) is 8.78. The van der Waals surface area contributed by atoms with Crippen molar-refractivity contribution < 1.29 is 0 Å². The highest BCUT2D eigenvalue weighted by atomic mass is 14.9. The van der Waals surface area contributed by atoms with Crippen molar-refractivity contribution in [2.45, 2.75) is 109 Å². The van der Waals surface area contributed by atoms with Gasteiger partial charge in [0.1, 0.15) is 0 Å². The van der Waals surface area contributed by atoms with E-state index in [1.807, 2.05) is 0 Å². The summed E-state index contributed by atoms with van der Waals surface area (Å²) in [6, 6.07) is 0.859. The van der Waals surface area contributed by atoms with E-state index in [9.17, 15) is 0 Å². The van der Waals surface area contributed by atoms with Gasteiger partial charge in [0.25, 0.3) is 0 Å². The SMILES string of the molecule is CCCCCCCCNC1CCCCC1C1CCCCC1. The quantitative estimate of drug-likeness (QED) is 0.508. The molecule has 0 aromatic heterocycles. The molecule has 2 rings (SSSR count). The van der Waals surface area contributed by atoms with Crippen LogP contribution in [0.15, 0.2) is 0 Å². The summed E-state index contributed by atoms with van der Waals surface area (Å²) in [5.41, 5.74) is 0. The highest BCUT2D eigenvalue weighted by Crippen LogP contribution is 2.38. The van der Waals surface area contributed by atoms with Crippen LogP contribution in [0.4, 0.5) is 0 Å². The van der Waals surface area contributed by atoms with Crippen molar-refractivity contribution in [3.63, 3.8) is 0 Å². The van der Waals surface area contributed by atoms with Crippen LogP contribution in [-0.2, 0) is 0 Å². The molecule has 2 fully saturated rings. The molecule has 2 saturated carbocycles. The van der Waals surface area contributed by atoms with Crippen LogP contribution < -0.4 is 5.32 Å². The van der Waals surface area contributed by atoms with E-state index < -0.39 is 0 Å². The lowest BCUT2D eigenvalue weighted by Crippen LogP contribution is -2.42. The van der Waals surface area contributed by atoms with Crippen molar-refractivity contribution in [1.82, 2.24) is 5.32 Å². The van der Waals surface area contributed by atoms with Crippen LogP contribution in [0.3, 0.4) is 0 Å². The predicted octanol–water partition coefficient (Wildman–Crippen LogP) is 6.08. The molecule has 21 heavy (non-hydrogen) atoms. The molecule has 1 N–H and O–H groups in total. The van der Waals surface area contributed by atoms with Gasteiger partial charge in [0, 0.05) is 6.04 Å². The molecule has 0 heterocycles. The summed E-state index contributed by atoms with van der Waals surface area (Å²) in [5, 5.41) is 3.96. The summed E-state index contributed by atoms with van der Waals surface area (Å²) >= 11 is 0. The normalized spacial score (nSPS) is 27.9. The lowest BCUT2D eigenvalue weighted by atomic mass is 9.71. The number of unbranched alkanes of at least 4 members (excludes halogenated alkanes) is 5. The zero-order chi connectivity index (χ0) is 14.8. The van der Waals surface area contributed by atoms with Crippen LogP contribution in [-0.4, -0.2) is 12.6 Å². The van der Waals surface area contributed by atoms with Crippen LogP contribution in [0.1, 0.15) is 103 Å². The van der Waals surface area contributed by atoms with Crippen LogP contribution in [0.5, 0.6) is 0 Å². The molecule has 0 aromatic carbocycles. The molecule has 0 aliphatic heterocycles. The van der Waals surface area contributed by atoms with Gasteiger partial charge in [-0.1, -0.05) is 84.0 Å². The summed E-state index contributed by atoms with van der Waals surface area (Å²) < 4.78 is 0. The molecular weight excluding hydrogens is 254 g/mol. The van der Waals surface area contributed by atoms with Crippen LogP contribution in [0, 0.1) is 11.8 Å². The molecule has 1 heteroatoms. The maximum absolute atomic E-state index is 3.96. The lowest BCUT2D eigenvalue weighted by Gasteiger charge is -2.39. The van der Waals surface area contributed by atoms with E-state index in [4.69, 9.17) is 0 Å². The minimum atomic E-state index is 0.859. The van der Waals surface area contributed by atoms with E-state index in [0.29, 0.717) is 0 Å². The maximum atomic E-state index is 3.96. The largest absolute Gasteiger partial charge is 0.314 e. The highest BCUT2D eigenvalue weighted by Gasteiger charge is 2.31. The fourth-order valence-corrected chi connectivity index (χ4v) is 4.73. The Morgan fingerprint density at radius 1 is 0.714 bits per heavy atom. The monoisotopic (exact) mass is 293 g/mol.